The first-order valence-electron chi connectivity index (χ1n) is 22.5. The standard InChI is InChI=1S/C47H55N11O12S/c59-40-29-51-43(63)34(18-11-23-49-47(67)52-26-31-14-5-2-6-15-31)55-44(64)35(56-45(65)36(24-30-12-3-1-4-13-30)57-46(66)37(54-40)25-41(60)61)17-9-10-22-48-42(62)33-20-21-39(50-27-33)58-53-28-32-16-7-8-19-38(32)71(68,69)70/h1-8,12-16,19-21,27,34-37H,9-11,17-18,22-26,28-29H2,(H,48,62)(H,51,63)(H,54,59)(H,55,64)(H,56,65)(H,57,66)(H,60,61)(H2,49,52,67)(H,68,69,70)/t34-,35-,36+,37-/m0/s1. The van der Waals surface area contributed by atoms with Crippen LogP contribution in [0.3, 0.4) is 0 Å². The predicted octanol–water partition coefficient (Wildman–Crippen LogP) is 1.58. The fourth-order valence-corrected chi connectivity index (χ4v) is 7.82. The van der Waals surface area contributed by atoms with Crippen LogP contribution in [0, 0.1) is 0 Å². The third kappa shape index (κ3) is 18.4. The Labute approximate surface area is 408 Å². The van der Waals surface area contributed by atoms with Gasteiger partial charge in [-0.25, -0.2) is 9.78 Å². The van der Waals surface area contributed by atoms with Crippen molar-refractivity contribution in [1.82, 2.24) is 47.5 Å². The number of pyridine rings is 1. The van der Waals surface area contributed by atoms with Crippen molar-refractivity contribution in [2.75, 3.05) is 19.6 Å². The number of carbonyl (C=O) groups is 8. The van der Waals surface area contributed by atoms with Crippen LogP contribution in [0.1, 0.15) is 65.6 Å². The summed E-state index contributed by atoms with van der Waals surface area (Å²) in [5.74, 6) is -6.13. The zero-order valence-electron chi connectivity index (χ0n) is 38.3. The van der Waals surface area contributed by atoms with Gasteiger partial charge in [-0.1, -0.05) is 78.9 Å². The molecular formula is C47H55N11O12S. The summed E-state index contributed by atoms with van der Waals surface area (Å²) >= 11 is 0. The lowest BCUT2D eigenvalue weighted by Gasteiger charge is -2.26. The number of unbranched alkanes of at least 4 members (excludes halogenated alkanes) is 1. The van der Waals surface area contributed by atoms with Gasteiger partial charge in [0.25, 0.3) is 16.0 Å². The summed E-state index contributed by atoms with van der Waals surface area (Å²) in [4.78, 5) is 109. The number of aliphatic carboxylic acids is 1. The smallest absolute Gasteiger partial charge is 0.315 e. The van der Waals surface area contributed by atoms with Gasteiger partial charge in [-0.3, -0.25) is 38.1 Å². The van der Waals surface area contributed by atoms with Crippen LogP contribution in [0.4, 0.5) is 10.6 Å². The van der Waals surface area contributed by atoms with Gasteiger partial charge in [0.1, 0.15) is 24.2 Å². The van der Waals surface area contributed by atoms with Crippen molar-refractivity contribution in [1.29, 1.82) is 0 Å². The molecule has 0 radical (unpaired) electrons. The van der Waals surface area contributed by atoms with Gasteiger partial charge in [0.15, 0.2) is 5.82 Å². The molecule has 1 aliphatic rings. The first-order valence-corrected chi connectivity index (χ1v) is 24.0. The number of amides is 8. The molecule has 2 heterocycles. The second-order valence-corrected chi connectivity index (χ2v) is 17.6. The van der Waals surface area contributed by atoms with Crippen LogP contribution in [0.2, 0.25) is 0 Å². The van der Waals surface area contributed by atoms with Gasteiger partial charge in [0.05, 0.1) is 30.0 Å². The number of hydrogen-bond acceptors (Lipinski definition) is 13. The number of rotatable bonds is 20. The van der Waals surface area contributed by atoms with Crippen molar-refractivity contribution in [3.63, 3.8) is 0 Å². The number of azo groups is 1. The zero-order chi connectivity index (χ0) is 51.2. The van der Waals surface area contributed by atoms with E-state index in [1.807, 2.05) is 30.3 Å². The first kappa shape index (κ1) is 53.8. The Morgan fingerprint density at radius 2 is 1.27 bits per heavy atom. The molecule has 0 saturated carbocycles. The SMILES string of the molecule is O=C(O)C[C@@H]1NC(=O)CNC(=O)[C@H](CCCNC(=O)NCc2ccccc2)NC(=O)[C@H](CCCCNC(=O)c2ccc(N=NCc3ccccc3S(=O)(=O)O)nc2)NC(=O)[C@@H](Cc2ccccc2)NC1=O. The topological polar surface area (TPSA) is 345 Å². The molecule has 3 aromatic carbocycles. The molecule has 24 heteroatoms. The van der Waals surface area contributed by atoms with E-state index in [1.54, 1.807) is 36.4 Å². The van der Waals surface area contributed by atoms with Crippen LogP contribution in [-0.4, -0.2) is 114 Å². The number of carboxylic acid groups (broad SMARTS) is 1. The van der Waals surface area contributed by atoms with Crippen molar-refractivity contribution in [2.45, 2.75) is 87.1 Å². The Morgan fingerprint density at radius 1 is 0.662 bits per heavy atom. The Bertz CT molecular complexity index is 2640. The molecule has 10 N–H and O–H groups in total. The summed E-state index contributed by atoms with van der Waals surface area (Å²) in [7, 11) is -4.47. The molecule has 71 heavy (non-hydrogen) atoms. The molecule has 4 aromatic rings. The number of aromatic nitrogens is 1. The van der Waals surface area contributed by atoms with E-state index in [2.05, 4.69) is 57.7 Å². The van der Waals surface area contributed by atoms with Gasteiger partial charge in [0.2, 0.25) is 29.5 Å². The Balaban J connectivity index is 1.25. The summed E-state index contributed by atoms with van der Waals surface area (Å²) in [6.45, 7) is -0.401. The lowest BCUT2D eigenvalue weighted by atomic mass is 10.0. The lowest BCUT2D eigenvalue weighted by Crippen LogP contribution is -2.58. The van der Waals surface area contributed by atoms with Crippen molar-refractivity contribution < 1.29 is 56.4 Å². The molecule has 1 fully saturated rings. The zero-order valence-corrected chi connectivity index (χ0v) is 39.2. The number of urea groups is 1. The quantitative estimate of drug-likeness (QED) is 0.0342. The second kappa shape index (κ2) is 27.2. The average Bonchev–Trinajstić information content (AvgIpc) is 3.35. The van der Waals surface area contributed by atoms with Crippen LogP contribution >= 0.6 is 0 Å². The molecule has 23 nitrogen and oxygen atoms in total. The van der Waals surface area contributed by atoms with Crippen LogP contribution in [-0.2, 0) is 58.4 Å². The lowest BCUT2D eigenvalue weighted by molar-refractivity contribution is -0.141. The molecule has 1 aliphatic heterocycles. The molecule has 4 atom stereocenters. The maximum atomic E-state index is 14.1. The van der Waals surface area contributed by atoms with E-state index in [0.29, 0.717) is 12.0 Å². The highest BCUT2D eigenvalue weighted by atomic mass is 32.2. The molecule has 0 aliphatic carbocycles. The third-order valence-corrected chi connectivity index (χ3v) is 11.7. The largest absolute Gasteiger partial charge is 0.481 e. The number of nitrogens with zero attached hydrogens (tertiary/aromatic N) is 3. The summed E-state index contributed by atoms with van der Waals surface area (Å²) in [5.41, 5.74) is 1.87. The average molecular weight is 998 g/mol. The van der Waals surface area contributed by atoms with Crippen molar-refractivity contribution in [2.24, 2.45) is 10.2 Å². The molecular weight excluding hydrogens is 943 g/mol. The van der Waals surface area contributed by atoms with E-state index < -0.39 is 94.7 Å². The molecule has 0 bridgehead atoms. The minimum absolute atomic E-state index is 0.0193. The number of carboxylic acids is 1. The number of nitrogens with one attached hydrogen (secondary N) is 8. The van der Waals surface area contributed by atoms with Crippen LogP contribution < -0.4 is 42.5 Å². The van der Waals surface area contributed by atoms with Crippen LogP contribution in [0.25, 0.3) is 0 Å². The highest BCUT2D eigenvalue weighted by Gasteiger charge is 2.33. The fraction of sp³-hybridized carbons (Fsp3) is 0.340. The van der Waals surface area contributed by atoms with Gasteiger partial charge in [-0.2, -0.15) is 13.5 Å². The normalized spacial score (nSPS) is 18.1. The van der Waals surface area contributed by atoms with Gasteiger partial charge in [0, 0.05) is 32.3 Å². The van der Waals surface area contributed by atoms with E-state index in [-0.39, 0.29) is 80.1 Å². The Hall–Kier alpha value is -8.12. The Kier molecular flexibility index (Phi) is 20.6. The summed E-state index contributed by atoms with van der Waals surface area (Å²) in [5, 5.41) is 38.2. The van der Waals surface area contributed by atoms with Crippen LogP contribution in [0.15, 0.2) is 118 Å². The minimum Gasteiger partial charge on any atom is -0.481 e. The maximum Gasteiger partial charge on any atom is 0.315 e. The monoisotopic (exact) mass is 997 g/mol. The number of hydrogen-bond donors (Lipinski definition) is 10. The van der Waals surface area contributed by atoms with E-state index in [1.165, 1.54) is 36.5 Å². The highest BCUT2D eigenvalue weighted by Crippen LogP contribution is 2.18. The molecule has 376 valence electrons. The second-order valence-electron chi connectivity index (χ2n) is 16.2. The van der Waals surface area contributed by atoms with Crippen molar-refractivity contribution in [3.05, 3.63) is 126 Å². The molecule has 5 rings (SSSR count). The number of carbonyl (C=O) groups excluding carboxylic acids is 7. The van der Waals surface area contributed by atoms with E-state index >= 15 is 0 Å². The molecule has 0 spiro atoms. The number of benzene rings is 3. The van der Waals surface area contributed by atoms with Gasteiger partial charge in [-0.15, -0.1) is 5.11 Å². The third-order valence-electron chi connectivity index (χ3n) is 10.8. The molecule has 0 unspecified atom stereocenters. The first-order chi connectivity index (χ1) is 34.0. The molecule has 1 saturated heterocycles. The van der Waals surface area contributed by atoms with Gasteiger partial charge < -0.3 is 47.6 Å². The summed E-state index contributed by atoms with van der Waals surface area (Å²) in [6, 6.07) is 20.3. The summed E-state index contributed by atoms with van der Waals surface area (Å²) < 4.78 is 32.8. The summed E-state index contributed by atoms with van der Waals surface area (Å²) in [6.07, 6.45) is 0.976. The highest BCUT2D eigenvalue weighted by molar-refractivity contribution is 7.85. The van der Waals surface area contributed by atoms with E-state index in [9.17, 15) is 56.4 Å². The Morgan fingerprint density at radius 3 is 1.94 bits per heavy atom. The predicted molar refractivity (Wildman–Crippen MR) is 254 cm³/mol. The van der Waals surface area contributed by atoms with Crippen LogP contribution in [0.5, 0.6) is 0 Å². The van der Waals surface area contributed by atoms with Gasteiger partial charge >= 0.3 is 12.0 Å². The van der Waals surface area contributed by atoms with Crippen molar-refractivity contribution in [3.8, 4) is 0 Å². The fourth-order valence-electron chi connectivity index (χ4n) is 7.11. The maximum absolute atomic E-state index is 14.1. The molecule has 1 aromatic heterocycles. The van der Waals surface area contributed by atoms with Crippen molar-refractivity contribution >= 4 is 63.4 Å². The minimum atomic E-state index is -4.47. The van der Waals surface area contributed by atoms with E-state index in [4.69, 9.17) is 0 Å². The van der Waals surface area contributed by atoms with Gasteiger partial charge in [-0.05, 0) is 67.0 Å². The molecule has 8 amide bonds. The van der Waals surface area contributed by atoms with E-state index in [0.717, 1.165) is 5.56 Å².